The van der Waals surface area contributed by atoms with Crippen LogP contribution in [0.25, 0.3) is 5.57 Å². The van der Waals surface area contributed by atoms with E-state index >= 15 is 0 Å². The molecule has 0 radical (unpaired) electrons. The largest absolute Gasteiger partial charge is 0.496 e. The first-order valence-corrected chi connectivity index (χ1v) is 4.66. The molecule has 1 heterocycles. The normalized spacial score (nSPS) is 16.0. The Kier molecular flexibility index (Phi) is 2.54. The highest BCUT2D eigenvalue weighted by atomic mass is 16.5. The molecule has 0 unspecified atom stereocenters. The molecule has 1 aromatic carbocycles. The minimum absolute atomic E-state index is 0.125. The van der Waals surface area contributed by atoms with E-state index in [9.17, 15) is 4.79 Å². The fraction of sp³-hybridized carbons (Fsp3) is 0.0833. The molecule has 0 spiro atoms. The van der Waals surface area contributed by atoms with E-state index in [0.29, 0.717) is 12.2 Å². The van der Waals surface area contributed by atoms with Gasteiger partial charge in [0.05, 0.1) is 11.8 Å². The van der Waals surface area contributed by atoms with Crippen molar-refractivity contribution >= 4 is 17.2 Å². The number of carbonyl (C=O) groups excluding carboxylic acids is 1. The van der Waals surface area contributed by atoms with Crippen LogP contribution in [0.5, 0.6) is 0 Å². The lowest BCUT2D eigenvalue weighted by molar-refractivity contribution is -0.110. The molecular formula is C12H11NO2. The fourth-order valence-electron chi connectivity index (χ4n) is 1.46. The topological polar surface area (TPSA) is 38.3 Å². The van der Waals surface area contributed by atoms with Crippen molar-refractivity contribution in [3.8, 4) is 0 Å². The van der Waals surface area contributed by atoms with Gasteiger partial charge in [-0.1, -0.05) is 30.9 Å². The van der Waals surface area contributed by atoms with E-state index in [4.69, 9.17) is 4.74 Å². The number of fused-ring (bicyclic) bond motifs is 1. The number of ether oxygens (including phenoxy) is 1. The van der Waals surface area contributed by atoms with Crippen LogP contribution >= 0.6 is 0 Å². The van der Waals surface area contributed by atoms with Crippen LogP contribution in [0.15, 0.2) is 43.2 Å². The standard InChI is InChI=1S/C12H11NO2/c1-2-7-15-8-10-9-5-3-4-6-11(9)13-12(10)14/h2-6,8H,1,7H2,(H,13,14)/b10-8+. The highest BCUT2D eigenvalue weighted by Gasteiger charge is 2.23. The molecule has 0 aliphatic carbocycles. The monoisotopic (exact) mass is 201 g/mol. The summed E-state index contributed by atoms with van der Waals surface area (Å²) in [7, 11) is 0. The van der Waals surface area contributed by atoms with Crippen LogP contribution in [-0.2, 0) is 9.53 Å². The molecule has 0 saturated heterocycles. The Labute approximate surface area is 88.1 Å². The Morgan fingerprint density at radius 1 is 1.40 bits per heavy atom. The molecule has 15 heavy (non-hydrogen) atoms. The lowest BCUT2D eigenvalue weighted by atomic mass is 10.1. The first-order valence-electron chi connectivity index (χ1n) is 4.66. The third kappa shape index (κ3) is 1.76. The Hall–Kier alpha value is -2.03. The van der Waals surface area contributed by atoms with Gasteiger partial charge in [0.2, 0.25) is 0 Å². The Morgan fingerprint density at radius 3 is 3.00 bits per heavy atom. The number of carbonyl (C=O) groups is 1. The Morgan fingerprint density at radius 2 is 2.20 bits per heavy atom. The number of hydrogen-bond acceptors (Lipinski definition) is 2. The van der Waals surface area contributed by atoms with Gasteiger partial charge in [-0.05, 0) is 6.07 Å². The molecular weight excluding hydrogens is 190 g/mol. The zero-order valence-corrected chi connectivity index (χ0v) is 8.19. The molecule has 1 aliphatic rings. The zero-order valence-electron chi connectivity index (χ0n) is 8.19. The van der Waals surface area contributed by atoms with Crippen molar-refractivity contribution in [1.82, 2.24) is 0 Å². The van der Waals surface area contributed by atoms with Crippen LogP contribution in [0.3, 0.4) is 0 Å². The second-order valence-electron chi connectivity index (χ2n) is 3.15. The second kappa shape index (κ2) is 4.00. The highest BCUT2D eigenvalue weighted by molar-refractivity contribution is 6.31. The summed E-state index contributed by atoms with van der Waals surface area (Å²) in [5, 5.41) is 2.76. The summed E-state index contributed by atoms with van der Waals surface area (Å²) in [6.07, 6.45) is 3.11. The van der Waals surface area contributed by atoms with Crippen LogP contribution in [0.2, 0.25) is 0 Å². The van der Waals surface area contributed by atoms with Crippen molar-refractivity contribution in [2.75, 3.05) is 11.9 Å². The molecule has 1 N–H and O–H groups in total. The van der Waals surface area contributed by atoms with E-state index in [0.717, 1.165) is 11.3 Å². The van der Waals surface area contributed by atoms with Crippen molar-refractivity contribution in [2.45, 2.75) is 0 Å². The molecule has 1 aromatic rings. The van der Waals surface area contributed by atoms with Gasteiger partial charge < -0.3 is 10.1 Å². The van der Waals surface area contributed by atoms with Crippen molar-refractivity contribution in [2.24, 2.45) is 0 Å². The summed E-state index contributed by atoms with van der Waals surface area (Å²) in [5.74, 6) is -0.125. The second-order valence-corrected chi connectivity index (χ2v) is 3.15. The number of benzene rings is 1. The lowest BCUT2D eigenvalue weighted by Crippen LogP contribution is -2.04. The minimum atomic E-state index is -0.125. The maximum atomic E-state index is 11.5. The molecule has 3 heteroatoms. The number of anilines is 1. The predicted molar refractivity (Wildman–Crippen MR) is 59.2 cm³/mol. The van der Waals surface area contributed by atoms with Gasteiger partial charge in [-0.15, -0.1) is 0 Å². The molecule has 0 aromatic heterocycles. The molecule has 3 nitrogen and oxygen atoms in total. The summed E-state index contributed by atoms with van der Waals surface area (Å²) in [5.41, 5.74) is 2.27. The van der Waals surface area contributed by atoms with Gasteiger partial charge in [-0.25, -0.2) is 0 Å². The van der Waals surface area contributed by atoms with Gasteiger partial charge in [-0.3, -0.25) is 4.79 Å². The van der Waals surface area contributed by atoms with Crippen molar-refractivity contribution in [3.05, 3.63) is 48.7 Å². The molecule has 1 amide bonds. The van der Waals surface area contributed by atoms with E-state index < -0.39 is 0 Å². The number of amides is 1. The molecule has 0 saturated carbocycles. The van der Waals surface area contributed by atoms with Crippen LogP contribution < -0.4 is 5.32 Å². The molecule has 76 valence electrons. The summed E-state index contributed by atoms with van der Waals surface area (Å²) in [4.78, 5) is 11.5. The smallest absolute Gasteiger partial charge is 0.259 e. The zero-order chi connectivity index (χ0) is 10.7. The summed E-state index contributed by atoms with van der Waals surface area (Å²) < 4.78 is 5.15. The average Bonchev–Trinajstić information content (AvgIpc) is 2.56. The maximum absolute atomic E-state index is 11.5. The maximum Gasteiger partial charge on any atom is 0.259 e. The Bertz CT molecular complexity index is 435. The van der Waals surface area contributed by atoms with E-state index in [2.05, 4.69) is 11.9 Å². The lowest BCUT2D eigenvalue weighted by Gasteiger charge is -1.98. The van der Waals surface area contributed by atoms with Gasteiger partial charge in [-0.2, -0.15) is 0 Å². The average molecular weight is 201 g/mol. The van der Waals surface area contributed by atoms with Gasteiger partial charge in [0.1, 0.15) is 6.61 Å². The highest BCUT2D eigenvalue weighted by Crippen LogP contribution is 2.30. The van der Waals surface area contributed by atoms with Gasteiger partial charge >= 0.3 is 0 Å². The molecule has 0 fully saturated rings. The minimum Gasteiger partial charge on any atom is -0.496 e. The van der Waals surface area contributed by atoms with Crippen LogP contribution in [0.4, 0.5) is 5.69 Å². The number of rotatable bonds is 3. The molecule has 0 bridgehead atoms. The fourth-order valence-corrected chi connectivity index (χ4v) is 1.46. The summed E-state index contributed by atoms with van der Waals surface area (Å²) in [6.45, 7) is 3.94. The van der Waals surface area contributed by atoms with E-state index in [-0.39, 0.29) is 5.91 Å². The van der Waals surface area contributed by atoms with E-state index in [1.165, 1.54) is 6.26 Å². The molecule has 1 aliphatic heterocycles. The Balaban J connectivity index is 2.29. The van der Waals surface area contributed by atoms with Gasteiger partial charge in [0.25, 0.3) is 5.91 Å². The molecule has 0 atom stereocenters. The van der Waals surface area contributed by atoms with Gasteiger partial charge in [0, 0.05) is 11.3 Å². The van der Waals surface area contributed by atoms with Crippen molar-refractivity contribution in [3.63, 3.8) is 0 Å². The van der Waals surface area contributed by atoms with Crippen LogP contribution in [-0.4, -0.2) is 12.5 Å². The first-order chi connectivity index (χ1) is 7.33. The number of hydrogen-bond donors (Lipinski definition) is 1. The van der Waals surface area contributed by atoms with E-state index in [1.54, 1.807) is 6.08 Å². The van der Waals surface area contributed by atoms with Gasteiger partial charge in [0.15, 0.2) is 0 Å². The van der Waals surface area contributed by atoms with Crippen molar-refractivity contribution in [1.29, 1.82) is 0 Å². The van der Waals surface area contributed by atoms with Crippen LogP contribution in [0, 0.1) is 0 Å². The third-order valence-corrected chi connectivity index (χ3v) is 2.13. The first kappa shape index (κ1) is 9.52. The van der Waals surface area contributed by atoms with E-state index in [1.807, 2.05) is 24.3 Å². The predicted octanol–water partition coefficient (Wildman–Crippen LogP) is 2.18. The van der Waals surface area contributed by atoms with Crippen LogP contribution in [0.1, 0.15) is 5.56 Å². The quantitative estimate of drug-likeness (QED) is 0.352. The third-order valence-electron chi connectivity index (χ3n) is 2.13. The molecule has 2 rings (SSSR count). The SMILES string of the molecule is C=CCO/C=C1/C(=O)Nc2ccccc21. The summed E-state index contributed by atoms with van der Waals surface area (Å²) >= 11 is 0. The summed E-state index contributed by atoms with van der Waals surface area (Å²) in [6, 6.07) is 7.52. The van der Waals surface area contributed by atoms with Crippen molar-refractivity contribution < 1.29 is 9.53 Å². The number of para-hydroxylation sites is 1. The number of nitrogens with one attached hydrogen (secondary N) is 1.